The summed E-state index contributed by atoms with van der Waals surface area (Å²) < 4.78 is 10.6. The zero-order valence-corrected chi connectivity index (χ0v) is 13.6. The van der Waals surface area contributed by atoms with Crippen LogP contribution in [0.2, 0.25) is 0 Å². The number of hydrogen-bond donors (Lipinski definition) is 1. The molecule has 1 heterocycles. The number of nitrogens with zero attached hydrogens (tertiary/aromatic N) is 1. The Bertz CT molecular complexity index is 572. The van der Waals surface area contributed by atoms with Crippen LogP contribution < -0.4 is 9.47 Å². The monoisotopic (exact) mass is 321 g/mol. The van der Waals surface area contributed by atoms with E-state index in [4.69, 9.17) is 14.6 Å². The lowest BCUT2D eigenvalue weighted by atomic mass is 9.93. The van der Waals surface area contributed by atoms with Gasteiger partial charge in [0.1, 0.15) is 0 Å². The van der Waals surface area contributed by atoms with Gasteiger partial charge in [-0.3, -0.25) is 9.59 Å². The van der Waals surface area contributed by atoms with Crippen molar-refractivity contribution in [1.82, 2.24) is 4.90 Å². The van der Waals surface area contributed by atoms with E-state index in [2.05, 4.69) is 0 Å². The minimum Gasteiger partial charge on any atom is -0.493 e. The summed E-state index contributed by atoms with van der Waals surface area (Å²) in [7, 11) is 3.05. The Morgan fingerprint density at radius 3 is 2.74 bits per heavy atom. The third-order valence-electron chi connectivity index (χ3n) is 4.21. The fourth-order valence-corrected chi connectivity index (χ4v) is 3.04. The number of carboxylic acid groups (broad SMARTS) is 1. The number of rotatable bonds is 6. The van der Waals surface area contributed by atoms with Gasteiger partial charge in [-0.15, -0.1) is 0 Å². The number of benzene rings is 1. The Kier molecular flexibility index (Phi) is 5.84. The summed E-state index contributed by atoms with van der Waals surface area (Å²) in [6, 6.07) is 5.24. The molecule has 0 aromatic heterocycles. The summed E-state index contributed by atoms with van der Waals surface area (Å²) >= 11 is 0. The first-order chi connectivity index (χ1) is 11.1. The maximum atomic E-state index is 12.8. The largest absolute Gasteiger partial charge is 0.493 e. The van der Waals surface area contributed by atoms with E-state index in [-0.39, 0.29) is 18.2 Å². The molecule has 0 aliphatic carbocycles. The van der Waals surface area contributed by atoms with Gasteiger partial charge in [-0.25, -0.2) is 0 Å². The number of aliphatic carboxylic acids is 1. The lowest BCUT2D eigenvalue weighted by Crippen LogP contribution is -2.40. The number of amides is 1. The topological polar surface area (TPSA) is 76.1 Å². The molecule has 6 heteroatoms. The van der Waals surface area contributed by atoms with E-state index >= 15 is 0 Å². The second kappa shape index (κ2) is 7.85. The molecule has 1 atom stereocenters. The standard InChI is InChI=1S/C17H23NO5/c1-22-14-7-3-6-13(16(14)23-2)17(21)18-10-4-5-12(11-18)8-9-15(19)20/h3,6-7,12H,4-5,8-11H2,1-2H3,(H,19,20). The lowest BCUT2D eigenvalue weighted by molar-refractivity contribution is -0.137. The minimum atomic E-state index is -0.789. The molecule has 2 rings (SSSR count). The number of para-hydroxylation sites is 1. The van der Waals surface area contributed by atoms with Crippen LogP contribution in [-0.2, 0) is 4.79 Å². The Morgan fingerprint density at radius 1 is 1.30 bits per heavy atom. The van der Waals surface area contributed by atoms with Crippen LogP contribution in [-0.4, -0.2) is 49.2 Å². The molecule has 1 saturated heterocycles. The van der Waals surface area contributed by atoms with Crippen LogP contribution in [0.5, 0.6) is 11.5 Å². The van der Waals surface area contributed by atoms with Crippen molar-refractivity contribution in [3.05, 3.63) is 23.8 Å². The fraction of sp³-hybridized carbons (Fsp3) is 0.529. The molecule has 6 nitrogen and oxygen atoms in total. The molecule has 1 N–H and O–H groups in total. The number of carbonyl (C=O) groups excluding carboxylic acids is 1. The van der Waals surface area contributed by atoms with Crippen LogP contribution in [0.4, 0.5) is 0 Å². The van der Waals surface area contributed by atoms with Gasteiger partial charge in [0, 0.05) is 19.5 Å². The molecule has 0 saturated carbocycles. The van der Waals surface area contributed by atoms with Crippen molar-refractivity contribution in [2.24, 2.45) is 5.92 Å². The molecular formula is C17H23NO5. The zero-order valence-electron chi connectivity index (χ0n) is 13.6. The summed E-state index contributed by atoms with van der Waals surface area (Å²) in [6.45, 7) is 1.27. The minimum absolute atomic E-state index is 0.0965. The fourth-order valence-electron chi connectivity index (χ4n) is 3.04. The molecule has 1 aromatic carbocycles. The average Bonchev–Trinajstić information content (AvgIpc) is 2.58. The number of ether oxygens (including phenoxy) is 2. The highest BCUT2D eigenvalue weighted by Gasteiger charge is 2.27. The van der Waals surface area contributed by atoms with Gasteiger partial charge in [-0.2, -0.15) is 0 Å². The third kappa shape index (κ3) is 4.15. The van der Waals surface area contributed by atoms with Crippen molar-refractivity contribution in [2.45, 2.75) is 25.7 Å². The highest BCUT2D eigenvalue weighted by atomic mass is 16.5. The first-order valence-corrected chi connectivity index (χ1v) is 7.78. The van der Waals surface area contributed by atoms with Crippen molar-refractivity contribution in [3.8, 4) is 11.5 Å². The van der Waals surface area contributed by atoms with Gasteiger partial charge in [0.05, 0.1) is 19.8 Å². The quantitative estimate of drug-likeness (QED) is 0.871. The van der Waals surface area contributed by atoms with Gasteiger partial charge in [0.2, 0.25) is 0 Å². The number of carboxylic acids is 1. The Hall–Kier alpha value is -2.24. The maximum Gasteiger partial charge on any atom is 0.303 e. The molecule has 23 heavy (non-hydrogen) atoms. The van der Waals surface area contributed by atoms with E-state index in [9.17, 15) is 9.59 Å². The van der Waals surface area contributed by atoms with Crippen LogP contribution in [0.15, 0.2) is 18.2 Å². The van der Waals surface area contributed by atoms with E-state index in [1.54, 1.807) is 23.1 Å². The third-order valence-corrected chi connectivity index (χ3v) is 4.21. The van der Waals surface area contributed by atoms with Gasteiger partial charge in [-0.05, 0) is 37.3 Å². The smallest absolute Gasteiger partial charge is 0.303 e. The van der Waals surface area contributed by atoms with Crippen LogP contribution in [0.1, 0.15) is 36.0 Å². The highest BCUT2D eigenvalue weighted by Crippen LogP contribution is 2.32. The Balaban J connectivity index is 2.12. The number of hydrogen-bond acceptors (Lipinski definition) is 4. The molecule has 1 amide bonds. The second-order valence-corrected chi connectivity index (χ2v) is 5.73. The number of piperidine rings is 1. The molecule has 0 bridgehead atoms. The zero-order chi connectivity index (χ0) is 16.8. The molecule has 0 spiro atoms. The summed E-state index contributed by atoms with van der Waals surface area (Å²) in [6.07, 6.45) is 2.61. The SMILES string of the molecule is COc1cccc(C(=O)N2CCCC(CCC(=O)O)C2)c1OC. The van der Waals surface area contributed by atoms with Crippen molar-refractivity contribution < 1.29 is 24.2 Å². The van der Waals surface area contributed by atoms with E-state index in [0.717, 1.165) is 12.8 Å². The Morgan fingerprint density at radius 2 is 2.09 bits per heavy atom. The molecule has 1 unspecified atom stereocenters. The number of likely N-dealkylation sites (tertiary alicyclic amines) is 1. The van der Waals surface area contributed by atoms with Gasteiger partial charge < -0.3 is 19.5 Å². The molecule has 0 radical (unpaired) electrons. The highest BCUT2D eigenvalue weighted by molar-refractivity contribution is 5.97. The summed E-state index contributed by atoms with van der Waals surface area (Å²) in [4.78, 5) is 25.3. The first kappa shape index (κ1) is 17.1. The Labute approximate surface area is 136 Å². The summed E-state index contributed by atoms with van der Waals surface area (Å²) in [5.74, 6) is 0.314. The van der Waals surface area contributed by atoms with Crippen molar-refractivity contribution in [2.75, 3.05) is 27.3 Å². The van der Waals surface area contributed by atoms with E-state index in [1.165, 1.54) is 14.2 Å². The van der Waals surface area contributed by atoms with Crippen LogP contribution in [0.25, 0.3) is 0 Å². The van der Waals surface area contributed by atoms with Crippen LogP contribution >= 0.6 is 0 Å². The summed E-state index contributed by atoms with van der Waals surface area (Å²) in [5, 5.41) is 8.81. The van der Waals surface area contributed by atoms with E-state index in [1.807, 2.05) is 0 Å². The van der Waals surface area contributed by atoms with Gasteiger partial charge in [0.15, 0.2) is 11.5 Å². The molecular weight excluding hydrogens is 298 g/mol. The summed E-state index contributed by atoms with van der Waals surface area (Å²) in [5.41, 5.74) is 0.478. The predicted molar refractivity (Wildman–Crippen MR) is 85.0 cm³/mol. The average molecular weight is 321 g/mol. The van der Waals surface area contributed by atoms with Gasteiger partial charge in [0.25, 0.3) is 5.91 Å². The molecule has 1 aromatic rings. The van der Waals surface area contributed by atoms with Gasteiger partial charge in [-0.1, -0.05) is 6.07 Å². The first-order valence-electron chi connectivity index (χ1n) is 7.78. The predicted octanol–water partition coefficient (Wildman–Crippen LogP) is 2.42. The normalized spacial score (nSPS) is 17.7. The maximum absolute atomic E-state index is 12.8. The number of methoxy groups -OCH3 is 2. The van der Waals surface area contributed by atoms with Crippen molar-refractivity contribution in [1.29, 1.82) is 0 Å². The van der Waals surface area contributed by atoms with Crippen molar-refractivity contribution >= 4 is 11.9 Å². The van der Waals surface area contributed by atoms with Crippen LogP contribution in [0.3, 0.4) is 0 Å². The number of carbonyl (C=O) groups is 2. The lowest BCUT2D eigenvalue weighted by Gasteiger charge is -2.33. The van der Waals surface area contributed by atoms with E-state index < -0.39 is 5.97 Å². The molecule has 1 aliphatic heterocycles. The molecule has 1 aliphatic rings. The van der Waals surface area contributed by atoms with Crippen LogP contribution in [0, 0.1) is 5.92 Å². The molecule has 1 fully saturated rings. The molecule has 126 valence electrons. The second-order valence-electron chi connectivity index (χ2n) is 5.73. The van der Waals surface area contributed by atoms with E-state index in [0.29, 0.717) is 36.6 Å². The van der Waals surface area contributed by atoms with Crippen molar-refractivity contribution in [3.63, 3.8) is 0 Å². The van der Waals surface area contributed by atoms with Gasteiger partial charge >= 0.3 is 5.97 Å².